The van der Waals surface area contributed by atoms with Crippen LogP contribution in [0, 0.1) is 12.3 Å². The van der Waals surface area contributed by atoms with Crippen LogP contribution in [0.4, 0.5) is 5.69 Å². The molecule has 0 aliphatic heterocycles. The van der Waals surface area contributed by atoms with E-state index in [4.69, 9.17) is 5.11 Å². The van der Waals surface area contributed by atoms with Crippen LogP contribution in [0.15, 0.2) is 24.3 Å². The molecule has 2 rings (SSSR count). The first-order valence-electron chi connectivity index (χ1n) is 7.58. The third-order valence-electron chi connectivity index (χ3n) is 4.40. The van der Waals surface area contributed by atoms with E-state index in [1.165, 1.54) is 0 Å². The van der Waals surface area contributed by atoms with Gasteiger partial charge in [-0.15, -0.1) is 0 Å². The van der Waals surface area contributed by atoms with E-state index in [0.717, 1.165) is 43.4 Å². The lowest BCUT2D eigenvalue weighted by atomic mass is 9.69. The fraction of sp³-hybridized carbons (Fsp3) is 0.529. The maximum atomic E-state index is 12.3. The van der Waals surface area contributed by atoms with Gasteiger partial charge in [0.05, 0.1) is 6.42 Å². The van der Waals surface area contributed by atoms with Crippen LogP contribution >= 0.6 is 0 Å². The number of carboxylic acid groups (broad SMARTS) is 1. The molecule has 0 radical (unpaired) electrons. The SMILES string of the molecule is Cc1ccccc1NC(=O)CC1(CC(=O)O)CCCCC1. The number of amides is 1. The summed E-state index contributed by atoms with van der Waals surface area (Å²) >= 11 is 0. The minimum absolute atomic E-state index is 0.0764. The Hall–Kier alpha value is -1.84. The van der Waals surface area contributed by atoms with Crippen LogP contribution in [0.3, 0.4) is 0 Å². The molecule has 21 heavy (non-hydrogen) atoms. The minimum atomic E-state index is -0.805. The molecule has 1 fully saturated rings. The lowest BCUT2D eigenvalue weighted by Crippen LogP contribution is -2.32. The molecule has 2 N–H and O–H groups in total. The number of rotatable bonds is 5. The van der Waals surface area contributed by atoms with Crippen LogP contribution in [0.2, 0.25) is 0 Å². The molecule has 1 aromatic rings. The van der Waals surface area contributed by atoms with Crippen molar-refractivity contribution in [1.82, 2.24) is 0 Å². The summed E-state index contributed by atoms with van der Waals surface area (Å²) in [6.45, 7) is 1.95. The molecule has 1 aromatic carbocycles. The molecular formula is C17H23NO3. The monoisotopic (exact) mass is 289 g/mol. The number of anilines is 1. The fourth-order valence-electron chi connectivity index (χ4n) is 3.29. The van der Waals surface area contributed by atoms with Gasteiger partial charge in [-0.1, -0.05) is 37.5 Å². The van der Waals surface area contributed by atoms with Gasteiger partial charge in [0.1, 0.15) is 0 Å². The third kappa shape index (κ3) is 4.31. The summed E-state index contributed by atoms with van der Waals surface area (Å²) in [6.07, 6.45) is 5.24. The van der Waals surface area contributed by atoms with Gasteiger partial charge in [0.25, 0.3) is 0 Å². The highest BCUT2D eigenvalue weighted by Crippen LogP contribution is 2.42. The lowest BCUT2D eigenvalue weighted by molar-refractivity contribution is -0.140. The Morgan fingerprint density at radius 3 is 2.43 bits per heavy atom. The van der Waals surface area contributed by atoms with E-state index in [1.807, 2.05) is 31.2 Å². The molecule has 4 heteroatoms. The van der Waals surface area contributed by atoms with E-state index in [0.29, 0.717) is 6.42 Å². The quantitative estimate of drug-likeness (QED) is 0.867. The van der Waals surface area contributed by atoms with Crippen LogP contribution in [0.1, 0.15) is 50.5 Å². The zero-order valence-electron chi connectivity index (χ0n) is 12.5. The van der Waals surface area contributed by atoms with Gasteiger partial charge in [0, 0.05) is 12.1 Å². The van der Waals surface area contributed by atoms with Gasteiger partial charge in [0.15, 0.2) is 0 Å². The zero-order chi connectivity index (χ0) is 15.3. The number of carboxylic acids is 1. The van der Waals surface area contributed by atoms with Crippen LogP contribution in [0.25, 0.3) is 0 Å². The Morgan fingerprint density at radius 1 is 1.14 bits per heavy atom. The maximum Gasteiger partial charge on any atom is 0.303 e. The van der Waals surface area contributed by atoms with Crippen molar-refractivity contribution in [2.75, 3.05) is 5.32 Å². The first kappa shape index (κ1) is 15.5. The molecule has 114 valence electrons. The standard InChI is InChI=1S/C17H23NO3/c1-13-7-3-4-8-14(13)18-15(19)11-17(12-16(20)21)9-5-2-6-10-17/h3-4,7-8H,2,5-6,9-12H2,1H3,(H,18,19)(H,20,21). The molecule has 1 aliphatic carbocycles. The van der Waals surface area contributed by atoms with E-state index in [2.05, 4.69) is 5.32 Å². The number of para-hydroxylation sites is 1. The Labute approximate surface area is 125 Å². The van der Waals surface area contributed by atoms with Crippen LogP contribution in [0.5, 0.6) is 0 Å². The van der Waals surface area contributed by atoms with E-state index in [1.54, 1.807) is 0 Å². The van der Waals surface area contributed by atoms with E-state index >= 15 is 0 Å². The molecule has 0 saturated heterocycles. The molecule has 0 aromatic heterocycles. The molecule has 1 amide bonds. The highest BCUT2D eigenvalue weighted by atomic mass is 16.4. The first-order chi connectivity index (χ1) is 10.0. The second kappa shape index (κ2) is 6.74. The Kier molecular flexibility index (Phi) is 4.99. The van der Waals surface area contributed by atoms with Gasteiger partial charge in [-0.2, -0.15) is 0 Å². The summed E-state index contributed by atoms with van der Waals surface area (Å²) in [6, 6.07) is 7.63. The van der Waals surface area contributed by atoms with Crippen LogP contribution in [-0.2, 0) is 9.59 Å². The van der Waals surface area contributed by atoms with Gasteiger partial charge in [-0.05, 0) is 36.8 Å². The minimum Gasteiger partial charge on any atom is -0.481 e. The van der Waals surface area contributed by atoms with Crippen LogP contribution in [-0.4, -0.2) is 17.0 Å². The predicted octanol–water partition coefficient (Wildman–Crippen LogP) is 3.75. The smallest absolute Gasteiger partial charge is 0.303 e. The van der Waals surface area contributed by atoms with Crippen molar-refractivity contribution in [3.8, 4) is 0 Å². The summed E-state index contributed by atoms with van der Waals surface area (Å²) in [7, 11) is 0. The van der Waals surface area contributed by atoms with Gasteiger partial charge in [-0.3, -0.25) is 9.59 Å². The number of nitrogens with one attached hydrogen (secondary N) is 1. The van der Waals surface area contributed by atoms with Crippen molar-refractivity contribution in [2.24, 2.45) is 5.41 Å². The maximum absolute atomic E-state index is 12.3. The van der Waals surface area contributed by atoms with Crippen molar-refractivity contribution < 1.29 is 14.7 Å². The molecule has 1 saturated carbocycles. The Morgan fingerprint density at radius 2 is 1.81 bits per heavy atom. The number of hydrogen-bond acceptors (Lipinski definition) is 2. The number of benzene rings is 1. The molecule has 0 bridgehead atoms. The van der Waals surface area contributed by atoms with Crippen molar-refractivity contribution in [3.63, 3.8) is 0 Å². The van der Waals surface area contributed by atoms with E-state index < -0.39 is 5.97 Å². The number of hydrogen-bond donors (Lipinski definition) is 2. The fourth-order valence-corrected chi connectivity index (χ4v) is 3.29. The van der Waals surface area contributed by atoms with Crippen molar-refractivity contribution in [3.05, 3.63) is 29.8 Å². The number of carbonyl (C=O) groups is 2. The Bertz CT molecular complexity index is 519. The second-order valence-corrected chi connectivity index (χ2v) is 6.17. The number of aryl methyl sites for hydroxylation is 1. The van der Waals surface area contributed by atoms with Crippen molar-refractivity contribution in [1.29, 1.82) is 0 Å². The normalized spacial score (nSPS) is 17.2. The lowest BCUT2D eigenvalue weighted by Gasteiger charge is -2.35. The molecule has 0 atom stereocenters. The number of carbonyl (C=O) groups excluding carboxylic acids is 1. The summed E-state index contributed by atoms with van der Waals surface area (Å²) in [5.41, 5.74) is 1.46. The van der Waals surface area contributed by atoms with Crippen molar-refractivity contribution in [2.45, 2.75) is 51.9 Å². The summed E-state index contributed by atoms with van der Waals surface area (Å²) in [5.74, 6) is -0.881. The highest BCUT2D eigenvalue weighted by Gasteiger charge is 2.36. The molecule has 1 aliphatic rings. The predicted molar refractivity (Wildman–Crippen MR) is 82.2 cm³/mol. The summed E-state index contributed by atoms with van der Waals surface area (Å²) in [5, 5.41) is 12.1. The topological polar surface area (TPSA) is 66.4 Å². The van der Waals surface area contributed by atoms with Crippen LogP contribution < -0.4 is 5.32 Å². The summed E-state index contributed by atoms with van der Waals surface area (Å²) < 4.78 is 0. The largest absolute Gasteiger partial charge is 0.481 e. The van der Waals surface area contributed by atoms with Crippen molar-refractivity contribution >= 4 is 17.6 Å². The highest BCUT2D eigenvalue weighted by molar-refractivity contribution is 5.92. The van der Waals surface area contributed by atoms with Gasteiger partial charge >= 0.3 is 5.97 Å². The van der Waals surface area contributed by atoms with Gasteiger partial charge in [-0.25, -0.2) is 0 Å². The average Bonchev–Trinajstić information content (AvgIpc) is 2.41. The van der Waals surface area contributed by atoms with Gasteiger partial charge in [0.2, 0.25) is 5.91 Å². The van der Waals surface area contributed by atoms with E-state index in [9.17, 15) is 9.59 Å². The van der Waals surface area contributed by atoms with Gasteiger partial charge < -0.3 is 10.4 Å². The third-order valence-corrected chi connectivity index (χ3v) is 4.40. The molecule has 0 heterocycles. The average molecular weight is 289 g/mol. The zero-order valence-corrected chi connectivity index (χ0v) is 12.5. The summed E-state index contributed by atoms with van der Waals surface area (Å²) in [4.78, 5) is 23.5. The molecule has 0 unspecified atom stereocenters. The molecule has 0 spiro atoms. The number of aliphatic carboxylic acids is 1. The Balaban J connectivity index is 2.04. The molecular weight excluding hydrogens is 266 g/mol. The molecule has 4 nitrogen and oxygen atoms in total. The first-order valence-corrected chi connectivity index (χ1v) is 7.58. The van der Waals surface area contributed by atoms with E-state index in [-0.39, 0.29) is 17.7 Å². The second-order valence-electron chi connectivity index (χ2n) is 6.17.